The fraction of sp³-hybridized carbons (Fsp3) is 0.750. The zero-order valence-corrected chi connectivity index (χ0v) is 9.98. The fourth-order valence-electron chi connectivity index (χ4n) is 2.41. The Hall–Kier alpha value is -1.57. The normalized spacial score (nSPS) is 27.4. The van der Waals surface area contributed by atoms with E-state index in [9.17, 15) is 9.59 Å². The van der Waals surface area contributed by atoms with Crippen molar-refractivity contribution in [3.05, 3.63) is 0 Å². The molecule has 1 amide bonds. The maximum Gasteiger partial charge on any atom is 0.307 e. The number of nitrogens with one attached hydrogen (secondary N) is 1. The molecule has 2 N–H and O–H groups in total. The van der Waals surface area contributed by atoms with Crippen molar-refractivity contribution in [3.63, 3.8) is 0 Å². The number of amides is 1. The zero-order valence-electron chi connectivity index (χ0n) is 9.98. The van der Waals surface area contributed by atoms with E-state index in [1.165, 1.54) is 0 Å². The van der Waals surface area contributed by atoms with E-state index in [-0.39, 0.29) is 12.3 Å². The van der Waals surface area contributed by atoms with E-state index in [4.69, 9.17) is 10.4 Å². The molecule has 0 heterocycles. The summed E-state index contributed by atoms with van der Waals surface area (Å²) in [7, 11) is 0. The van der Waals surface area contributed by atoms with Crippen molar-refractivity contribution in [1.29, 1.82) is 5.26 Å². The van der Waals surface area contributed by atoms with Crippen LogP contribution in [0.4, 0.5) is 0 Å². The van der Waals surface area contributed by atoms with Crippen LogP contribution >= 0.6 is 0 Å². The van der Waals surface area contributed by atoms with E-state index >= 15 is 0 Å². The smallest absolute Gasteiger partial charge is 0.307 e. The highest BCUT2D eigenvalue weighted by atomic mass is 16.4. The Labute approximate surface area is 101 Å². The summed E-state index contributed by atoms with van der Waals surface area (Å²) < 4.78 is 0. The van der Waals surface area contributed by atoms with Gasteiger partial charge in [0.05, 0.1) is 24.3 Å². The van der Waals surface area contributed by atoms with Crippen LogP contribution in [0.1, 0.15) is 32.6 Å². The molecule has 1 saturated carbocycles. The van der Waals surface area contributed by atoms with Gasteiger partial charge in [0.2, 0.25) is 5.91 Å². The molecule has 0 bridgehead atoms. The van der Waals surface area contributed by atoms with Crippen molar-refractivity contribution in [3.8, 4) is 6.07 Å². The molecule has 3 atom stereocenters. The summed E-state index contributed by atoms with van der Waals surface area (Å²) in [4.78, 5) is 22.9. The quantitative estimate of drug-likeness (QED) is 0.703. The molecule has 1 fully saturated rings. The predicted molar refractivity (Wildman–Crippen MR) is 60.9 cm³/mol. The average Bonchev–Trinajstić information content (AvgIpc) is 2.73. The fourth-order valence-corrected chi connectivity index (χ4v) is 2.41. The average molecular weight is 238 g/mol. The van der Waals surface area contributed by atoms with Crippen LogP contribution in [0.2, 0.25) is 0 Å². The van der Waals surface area contributed by atoms with Crippen LogP contribution in [0.15, 0.2) is 0 Å². The monoisotopic (exact) mass is 238 g/mol. The minimum atomic E-state index is -0.888. The minimum Gasteiger partial charge on any atom is -0.481 e. The van der Waals surface area contributed by atoms with Gasteiger partial charge in [0.1, 0.15) is 0 Å². The van der Waals surface area contributed by atoms with Gasteiger partial charge in [0, 0.05) is 6.54 Å². The number of carbonyl (C=O) groups excluding carboxylic acids is 1. The molecule has 1 aliphatic carbocycles. The van der Waals surface area contributed by atoms with E-state index in [2.05, 4.69) is 5.32 Å². The summed E-state index contributed by atoms with van der Waals surface area (Å²) in [5.74, 6) is -1.79. The van der Waals surface area contributed by atoms with Crippen LogP contribution in [0.5, 0.6) is 0 Å². The first-order valence-corrected chi connectivity index (χ1v) is 5.97. The highest BCUT2D eigenvalue weighted by molar-refractivity contribution is 5.85. The molecule has 0 aromatic carbocycles. The Kier molecular flexibility index (Phi) is 4.95. The van der Waals surface area contributed by atoms with Crippen LogP contribution in [0, 0.1) is 29.1 Å². The molecular formula is C12H18N2O3. The lowest BCUT2D eigenvalue weighted by atomic mass is 9.95. The third-order valence-corrected chi connectivity index (χ3v) is 3.43. The van der Waals surface area contributed by atoms with Gasteiger partial charge in [-0.2, -0.15) is 5.26 Å². The summed E-state index contributed by atoms with van der Waals surface area (Å²) >= 11 is 0. The zero-order chi connectivity index (χ0) is 12.8. The predicted octanol–water partition coefficient (Wildman–Crippen LogP) is 1.15. The number of aliphatic carboxylic acids is 1. The highest BCUT2D eigenvalue weighted by Gasteiger charge is 2.41. The molecule has 0 aromatic heterocycles. The summed E-state index contributed by atoms with van der Waals surface area (Å²) in [6, 6.07) is 1.94. The molecule has 5 nitrogen and oxygen atoms in total. The van der Waals surface area contributed by atoms with Crippen molar-refractivity contribution in [2.45, 2.75) is 32.6 Å². The van der Waals surface area contributed by atoms with Crippen molar-refractivity contribution in [2.24, 2.45) is 17.8 Å². The molecule has 1 unspecified atom stereocenters. The second-order valence-corrected chi connectivity index (χ2v) is 4.50. The third kappa shape index (κ3) is 3.45. The highest BCUT2D eigenvalue weighted by Crippen LogP contribution is 2.38. The van der Waals surface area contributed by atoms with E-state index in [1.807, 2.05) is 13.0 Å². The number of carbonyl (C=O) groups is 2. The molecule has 1 rings (SSSR count). The topological polar surface area (TPSA) is 90.2 Å². The maximum atomic E-state index is 11.8. The Morgan fingerprint density at radius 2 is 2.06 bits per heavy atom. The summed E-state index contributed by atoms with van der Waals surface area (Å²) in [6.45, 7) is 2.31. The van der Waals surface area contributed by atoms with Gasteiger partial charge in [-0.1, -0.05) is 13.3 Å². The largest absolute Gasteiger partial charge is 0.481 e. The SMILES string of the molecule is CCC1C[C@H](C(=O)NCCC#N)[C@H](C(=O)O)C1. The van der Waals surface area contributed by atoms with Gasteiger partial charge in [-0.25, -0.2) is 0 Å². The van der Waals surface area contributed by atoms with Gasteiger partial charge in [-0.3, -0.25) is 9.59 Å². The Bertz CT molecular complexity index is 335. The van der Waals surface area contributed by atoms with Gasteiger partial charge in [0.25, 0.3) is 0 Å². The van der Waals surface area contributed by atoms with Crippen LogP contribution in [0.3, 0.4) is 0 Å². The first kappa shape index (κ1) is 13.5. The van der Waals surface area contributed by atoms with Crippen LogP contribution in [-0.2, 0) is 9.59 Å². The first-order chi connectivity index (χ1) is 8.10. The second kappa shape index (κ2) is 6.24. The molecule has 5 heteroatoms. The lowest BCUT2D eigenvalue weighted by molar-refractivity contribution is -0.146. The molecular weight excluding hydrogens is 220 g/mol. The summed E-state index contributed by atoms with van der Waals surface area (Å²) in [5.41, 5.74) is 0. The first-order valence-electron chi connectivity index (χ1n) is 5.97. The number of carboxylic acid groups (broad SMARTS) is 1. The molecule has 0 saturated heterocycles. The lowest BCUT2D eigenvalue weighted by Gasteiger charge is -2.14. The standard InChI is InChI=1S/C12H18N2O3/c1-2-8-6-9(10(7-8)12(16)17)11(15)14-5-3-4-13/h8-10H,2-3,5-7H2,1H3,(H,14,15)(H,16,17)/t8?,9-,10+/m0/s1. The summed E-state index contributed by atoms with van der Waals surface area (Å²) in [5, 5.41) is 20.1. The Balaban J connectivity index is 2.57. The second-order valence-electron chi connectivity index (χ2n) is 4.50. The molecule has 0 aromatic rings. The van der Waals surface area contributed by atoms with Gasteiger partial charge in [-0.05, 0) is 18.8 Å². The lowest BCUT2D eigenvalue weighted by Crippen LogP contribution is -2.35. The van der Waals surface area contributed by atoms with Gasteiger partial charge in [0.15, 0.2) is 0 Å². The number of hydrogen-bond acceptors (Lipinski definition) is 3. The Morgan fingerprint density at radius 1 is 1.41 bits per heavy atom. The van der Waals surface area contributed by atoms with E-state index in [1.54, 1.807) is 0 Å². The van der Waals surface area contributed by atoms with E-state index in [0.29, 0.717) is 25.3 Å². The Morgan fingerprint density at radius 3 is 2.59 bits per heavy atom. The number of rotatable bonds is 5. The van der Waals surface area contributed by atoms with Crippen LogP contribution in [0.25, 0.3) is 0 Å². The van der Waals surface area contributed by atoms with Gasteiger partial charge >= 0.3 is 5.97 Å². The molecule has 94 valence electrons. The molecule has 0 radical (unpaired) electrons. The molecule has 0 aliphatic heterocycles. The number of carboxylic acids is 1. The minimum absolute atomic E-state index is 0.219. The number of nitriles is 1. The number of nitrogens with zero attached hydrogens (tertiary/aromatic N) is 1. The third-order valence-electron chi connectivity index (χ3n) is 3.43. The van der Waals surface area contributed by atoms with Crippen molar-refractivity contribution in [1.82, 2.24) is 5.32 Å². The van der Waals surface area contributed by atoms with E-state index in [0.717, 1.165) is 6.42 Å². The van der Waals surface area contributed by atoms with Gasteiger partial charge in [-0.15, -0.1) is 0 Å². The van der Waals surface area contributed by atoms with Crippen LogP contribution in [-0.4, -0.2) is 23.5 Å². The number of hydrogen-bond donors (Lipinski definition) is 2. The van der Waals surface area contributed by atoms with Gasteiger partial charge < -0.3 is 10.4 Å². The van der Waals surface area contributed by atoms with Crippen molar-refractivity contribution >= 4 is 11.9 Å². The van der Waals surface area contributed by atoms with Crippen molar-refractivity contribution in [2.75, 3.05) is 6.54 Å². The molecule has 0 spiro atoms. The van der Waals surface area contributed by atoms with Crippen LogP contribution < -0.4 is 5.32 Å². The van der Waals surface area contributed by atoms with E-state index < -0.39 is 17.8 Å². The molecule has 17 heavy (non-hydrogen) atoms. The molecule has 1 aliphatic rings. The summed E-state index contributed by atoms with van der Waals surface area (Å²) in [6.07, 6.45) is 2.40. The maximum absolute atomic E-state index is 11.8. The van der Waals surface area contributed by atoms with Crippen molar-refractivity contribution < 1.29 is 14.7 Å².